The lowest BCUT2D eigenvalue weighted by Gasteiger charge is -2.15. The fourth-order valence-electron chi connectivity index (χ4n) is 2.68. The number of halogens is 4. The van der Waals surface area contributed by atoms with Gasteiger partial charge in [-0.1, -0.05) is 0 Å². The van der Waals surface area contributed by atoms with Crippen molar-refractivity contribution in [3.63, 3.8) is 0 Å². The number of nitrogens with two attached hydrogens (primary N) is 1. The molecule has 9 heteroatoms. The number of rotatable bonds is 2. The van der Waals surface area contributed by atoms with E-state index in [1.807, 2.05) is 0 Å². The molecule has 0 aliphatic rings. The summed E-state index contributed by atoms with van der Waals surface area (Å²) < 4.78 is 49.2. The minimum atomic E-state index is -1.08. The van der Waals surface area contributed by atoms with E-state index in [9.17, 15) is 18.0 Å². The standard InChI is InChI=1S/C16H11F3IN3O2/c1-23-15-6(3-4-8(17)7(15)5-22-23)9-12(19)14(21)10(16(24)25-2)11(18)13(9)20/h3-5H,21H2,1-2H3. The number of benzene rings is 2. The third-order valence-electron chi connectivity index (χ3n) is 3.86. The minimum absolute atomic E-state index is 0.159. The fourth-order valence-corrected chi connectivity index (χ4v) is 3.47. The summed E-state index contributed by atoms with van der Waals surface area (Å²) in [6.45, 7) is 0. The van der Waals surface area contributed by atoms with Crippen molar-refractivity contribution in [3.05, 3.63) is 44.9 Å². The van der Waals surface area contributed by atoms with Crippen molar-refractivity contribution in [1.29, 1.82) is 0 Å². The quantitative estimate of drug-likeness (QED) is 0.274. The zero-order valence-corrected chi connectivity index (χ0v) is 15.2. The van der Waals surface area contributed by atoms with E-state index in [0.29, 0.717) is 0 Å². The first-order valence-electron chi connectivity index (χ1n) is 6.94. The molecule has 0 saturated carbocycles. The van der Waals surface area contributed by atoms with Gasteiger partial charge in [0.2, 0.25) is 0 Å². The van der Waals surface area contributed by atoms with Crippen LogP contribution in [0.4, 0.5) is 18.9 Å². The summed E-state index contributed by atoms with van der Waals surface area (Å²) in [5.74, 6) is -3.61. The van der Waals surface area contributed by atoms with Crippen molar-refractivity contribution in [2.24, 2.45) is 7.05 Å². The third-order valence-corrected chi connectivity index (χ3v) is 4.88. The van der Waals surface area contributed by atoms with E-state index in [2.05, 4.69) is 9.84 Å². The number of esters is 1. The molecular weight excluding hydrogens is 450 g/mol. The van der Waals surface area contributed by atoms with Gasteiger partial charge in [0.1, 0.15) is 11.4 Å². The molecule has 1 aromatic heterocycles. The van der Waals surface area contributed by atoms with Crippen LogP contribution in [0.5, 0.6) is 0 Å². The Morgan fingerprint density at radius 2 is 1.96 bits per heavy atom. The SMILES string of the molecule is COC(=O)c1c(N)c(F)c(-c2ccc(F)c3cnn(C)c23)c(I)c1F. The topological polar surface area (TPSA) is 70.1 Å². The van der Waals surface area contributed by atoms with Gasteiger partial charge in [-0.05, 0) is 34.7 Å². The first kappa shape index (κ1) is 17.5. The molecule has 0 atom stereocenters. The zero-order chi connectivity index (χ0) is 18.5. The van der Waals surface area contributed by atoms with Gasteiger partial charge < -0.3 is 10.5 Å². The average Bonchev–Trinajstić information content (AvgIpc) is 2.98. The molecule has 0 radical (unpaired) electrons. The number of methoxy groups -OCH3 is 1. The number of hydrogen-bond donors (Lipinski definition) is 1. The lowest BCUT2D eigenvalue weighted by Crippen LogP contribution is -2.13. The highest BCUT2D eigenvalue weighted by atomic mass is 127. The van der Waals surface area contributed by atoms with E-state index in [4.69, 9.17) is 5.73 Å². The lowest BCUT2D eigenvalue weighted by atomic mass is 9.98. The van der Waals surface area contributed by atoms with Crippen LogP contribution in [0.2, 0.25) is 0 Å². The fraction of sp³-hybridized carbons (Fsp3) is 0.125. The van der Waals surface area contributed by atoms with E-state index < -0.39 is 34.7 Å². The molecule has 0 amide bonds. The summed E-state index contributed by atoms with van der Waals surface area (Å²) >= 11 is 1.58. The van der Waals surface area contributed by atoms with Crippen molar-refractivity contribution >= 4 is 45.2 Å². The zero-order valence-electron chi connectivity index (χ0n) is 13.0. The molecule has 130 valence electrons. The first-order valence-corrected chi connectivity index (χ1v) is 8.02. The van der Waals surface area contributed by atoms with Gasteiger partial charge in [-0.2, -0.15) is 5.10 Å². The lowest BCUT2D eigenvalue weighted by molar-refractivity contribution is 0.0596. The molecule has 0 unspecified atom stereocenters. The van der Waals surface area contributed by atoms with Crippen molar-refractivity contribution in [3.8, 4) is 11.1 Å². The molecule has 0 aliphatic heterocycles. The second kappa shape index (κ2) is 6.21. The minimum Gasteiger partial charge on any atom is -0.465 e. The van der Waals surface area contributed by atoms with Crippen LogP contribution in [-0.2, 0) is 11.8 Å². The van der Waals surface area contributed by atoms with Gasteiger partial charge in [-0.3, -0.25) is 4.68 Å². The van der Waals surface area contributed by atoms with Crippen LogP contribution in [0, 0.1) is 21.0 Å². The van der Waals surface area contributed by atoms with E-state index in [-0.39, 0.29) is 25.6 Å². The van der Waals surface area contributed by atoms with E-state index in [1.54, 1.807) is 29.6 Å². The Balaban J connectivity index is 2.43. The summed E-state index contributed by atoms with van der Waals surface area (Å²) in [6.07, 6.45) is 1.29. The summed E-state index contributed by atoms with van der Waals surface area (Å²) in [5, 5.41) is 4.12. The Kier molecular flexibility index (Phi) is 4.35. The number of hydrogen-bond acceptors (Lipinski definition) is 4. The molecule has 3 rings (SSSR count). The van der Waals surface area contributed by atoms with Crippen LogP contribution in [0.1, 0.15) is 10.4 Å². The Morgan fingerprint density at radius 1 is 1.28 bits per heavy atom. The number of anilines is 1. The maximum absolute atomic E-state index is 14.9. The van der Waals surface area contributed by atoms with Gasteiger partial charge in [0, 0.05) is 18.2 Å². The van der Waals surface area contributed by atoms with Gasteiger partial charge >= 0.3 is 5.97 Å². The Morgan fingerprint density at radius 3 is 2.60 bits per heavy atom. The number of nitrogens with zero attached hydrogens (tertiary/aromatic N) is 2. The second-order valence-electron chi connectivity index (χ2n) is 5.22. The molecule has 2 aromatic carbocycles. The Bertz CT molecular complexity index is 1000. The molecule has 0 fully saturated rings. The molecule has 0 aliphatic carbocycles. The number of aromatic nitrogens is 2. The predicted octanol–water partition coefficient (Wildman–Crippen LogP) is 3.63. The van der Waals surface area contributed by atoms with Crippen molar-refractivity contribution in [1.82, 2.24) is 9.78 Å². The number of fused-ring (bicyclic) bond motifs is 1. The molecule has 1 heterocycles. The molecule has 0 saturated heterocycles. The molecule has 0 bridgehead atoms. The number of nitrogen functional groups attached to an aromatic ring is 1. The second-order valence-corrected chi connectivity index (χ2v) is 6.30. The van der Waals surface area contributed by atoms with Crippen molar-refractivity contribution in [2.75, 3.05) is 12.8 Å². The maximum atomic E-state index is 14.9. The van der Waals surface area contributed by atoms with E-state index >= 15 is 0 Å². The number of carbonyl (C=O) groups excluding carboxylic acids is 1. The predicted molar refractivity (Wildman–Crippen MR) is 94.5 cm³/mol. The van der Waals surface area contributed by atoms with Gasteiger partial charge in [-0.25, -0.2) is 18.0 Å². The average molecular weight is 461 g/mol. The van der Waals surface area contributed by atoms with Crippen LogP contribution in [0.15, 0.2) is 18.3 Å². The molecule has 0 spiro atoms. The number of ether oxygens (including phenoxy) is 1. The monoisotopic (exact) mass is 461 g/mol. The summed E-state index contributed by atoms with van der Waals surface area (Å²) in [7, 11) is 2.59. The van der Waals surface area contributed by atoms with Crippen LogP contribution in [-0.4, -0.2) is 22.9 Å². The highest BCUT2D eigenvalue weighted by Gasteiger charge is 2.28. The first-order chi connectivity index (χ1) is 11.8. The molecule has 25 heavy (non-hydrogen) atoms. The smallest absolute Gasteiger partial charge is 0.343 e. The van der Waals surface area contributed by atoms with Crippen LogP contribution in [0.3, 0.4) is 0 Å². The normalized spacial score (nSPS) is 11.1. The Labute approximate surface area is 153 Å². The van der Waals surface area contributed by atoms with E-state index in [0.717, 1.165) is 13.2 Å². The molecule has 5 nitrogen and oxygen atoms in total. The van der Waals surface area contributed by atoms with Crippen molar-refractivity contribution in [2.45, 2.75) is 0 Å². The maximum Gasteiger partial charge on any atom is 0.343 e. The third kappa shape index (κ3) is 2.53. The summed E-state index contributed by atoms with van der Waals surface area (Å²) in [4.78, 5) is 11.7. The van der Waals surface area contributed by atoms with Crippen LogP contribution < -0.4 is 5.73 Å². The number of carbonyl (C=O) groups is 1. The largest absolute Gasteiger partial charge is 0.465 e. The summed E-state index contributed by atoms with van der Waals surface area (Å²) in [6, 6.07) is 2.45. The van der Waals surface area contributed by atoms with Gasteiger partial charge in [-0.15, -0.1) is 0 Å². The summed E-state index contributed by atoms with van der Waals surface area (Å²) in [5.41, 5.74) is 4.62. The molecular formula is C16H11F3IN3O2. The molecule has 2 N–H and O–H groups in total. The van der Waals surface area contributed by atoms with Gasteiger partial charge in [0.25, 0.3) is 0 Å². The van der Waals surface area contributed by atoms with Crippen LogP contribution in [0.25, 0.3) is 22.0 Å². The van der Waals surface area contributed by atoms with Crippen molar-refractivity contribution < 1.29 is 22.7 Å². The van der Waals surface area contributed by atoms with E-state index in [1.165, 1.54) is 16.9 Å². The highest BCUT2D eigenvalue weighted by molar-refractivity contribution is 14.1. The highest BCUT2D eigenvalue weighted by Crippen LogP contribution is 2.39. The van der Waals surface area contributed by atoms with Gasteiger partial charge in [0.15, 0.2) is 11.6 Å². The molecule has 3 aromatic rings. The van der Waals surface area contributed by atoms with Gasteiger partial charge in [0.05, 0.1) is 33.5 Å². The van der Waals surface area contributed by atoms with Crippen LogP contribution >= 0.6 is 22.6 Å². The number of aryl methyl sites for hydroxylation is 1. The Hall–Kier alpha value is -2.30.